The predicted molar refractivity (Wildman–Crippen MR) is 142 cm³/mol. The summed E-state index contributed by atoms with van der Waals surface area (Å²) in [7, 11) is 0. The number of carbonyl (C=O) groups is 3. The molecule has 8 nitrogen and oxygen atoms in total. The molecule has 8 heteroatoms. The lowest BCUT2D eigenvalue weighted by Crippen LogP contribution is -2.48. The predicted octanol–water partition coefficient (Wildman–Crippen LogP) is 2.38. The Kier molecular flexibility index (Phi) is 10.8. The topological polar surface area (TPSA) is 128 Å². The van der Waals surface area contributed by atoms with Gasteiger partial charge in [-0.15, -0.1) is 0 Å². The van der Waals surface area contributed by atoms with Crippen LogP contribution in [0.2, 0.25) is 0 Å². The summed E-state index contributed by atoms with van der Waals surface area (Å²) < 4.78 is 0. The lowest BCUT2D eigenvalue weighted by atomic mass is 9.99. The lowest BCUT2D eigenvalue weighted by molar-refractivity contribution is -0.126. The maximum Gasteiger partial charge on any atom is 0.251 e. The summed E-state index contributed by atoms with van der Waals surface area (Å²) in [6.45, 7) is 1.68. The van der Waals surface area contributed by atoms with E-state index in [1.165, 1.54) is 26.2 Å². The van der Waals surface area contributed by atoms with Crippen molar-refractivity contribution in [2.45, 2.75) is 63.6 Å². The highest BCUT2D eigenvalue weighted by Crippen LogP contribution is 2.14. The summed E-state index contributed by atoms with van der Waals surface area (Å²) in [5.74, 6) is 4.90. The van der Waals surface area contributed by atoms with Crippen molar-refractivity contribution in [3.8, 4) is 11.8 Å². The van der Waals surface area contributed by atoms with Crippen molar-refractivity contribution >= 4 is 23.3 Å². The largest absolute Gasteiger partial charge is 0.391 e. The van der Waals surface area contributed by atoms with E-state index in [1.807, 2.05) is 24.3 Å². The molecule has 1 unspecified atom stereocenters. The number of piperidine rings is 1. The number of aliphatic hydroxyl groups excluding tert-OH is 2. The molecule has 196 valence electrons. The van der Waals surface area contributed by atoms with Gasteiger partial charge in [-0.25, -0.2) is 0 Å². The van der Waals surface area contributed by atoms with Gasteiger partial charge < -0.3 is 26.2 Å². The maximum atomic E-state index is 12.4. The van der Waals surface area contributed by atoms with Crippen molar-refractivity contribution in [1.82, 2.24) is 10.6 Å². The molecule has 3 rings (SSSR count). The van der Waals surface area contributed by atoms with Crippen LogP contribution in [0.4, 0.5) is 5.69 Å². The number of ketones is 1. The van der Waals surface area contributed by atoms with E-state index in [0.717, 1.165) is 30.6 Å². The molecule has 5 N–H and O–H groups in total. The summed E-state index contributed by atoms with van der Waals surface area (Å²) >= 11 is 0. The lowest BCUT2D eigenvalue weighted by Gasteiger charge is -2.23. The Morgan fingerprint density at radius 1 is 1.03 bits per heavy atom. The summed E-state index contributed by atoms with van der Waals surface area (Å²) in [5, 5.41) is 27.6. The van der Waals surface area contributed by atoms with Gasteiger partial charge in [0.2, 0.25) is 5.91 Å². The van der Waals surface area contributed by atoms with Crippen LogP contribution in [0.1, 0.15) is 66.9 Å². The van der Waals surface area contributed by atoms with Crippen LogP contribution in [-0.2, 0) is 9.59 Å². The number of aliphatic hydroxyl groups is 2. The number of hydrogen-bond donors (Lipinski definition) is 5. The van der Waals surface area contributed by atoms with E-state index in [2.05, 4.69) is 27.8 Å². The molecule has 1 aliphatic rings. The van der Waals surface area contributed by atoms with E-state index in [1.54, 1.807) is 24.3 Å². The first-order valence-electron chi connectivity index (χ1n) is 12.7. The zero-order valence-electron chi connectivity index (χ0n) is 21.1. The van der Waals surface area contributed by atoms with E-state index >= 15 is 0 Å². The van der Waals surface area contributed by atoms with Crippen LogP contribution in [0.3, 0.4) is 0 Å². The molecule has 0 aromatic heterocycles. The number of rotatable bonds is 10. The number of benzene rings is 2. The number of hydrogen-bond acceptors (Lipinski definition) is 6. The number of amides is 2. The summed E-state index contributed by atoms with van der Waals surface area (Å²) in [6, 6.07) is 13.2. The Morgan fingerprint density at radius 2 is 1.68 bits per heavy atom. The molecule has 1 aliphatic heterocycles. The Bertz CT molecular complexity index is 1110. The van der Waals surface area contributed by atoms with Crippen molar-refractivity contribution in [3.63, 3.8) is 0 Å². The highest BCUT2D eigenvalue weighted by atomic mass is 16.3. The van der Waals surface area contributed by atoms with Crippen molar-refractivity contribution in [3.05, 3.63) is 65.2 Å². The minimum absolute atomic E-state index is 0.0132. The van der Waals surface area contributed by atoms with Gasteiger partial charge in [-0.2, -0.15) is 0 Å². The second-order valence-electron chi connectivity index (χ2n) is 9.31. The van der Waals surface area contributed by atoms with Gasteiger partial charge in [-0.05, 0) is 87.7 Å². The molecule has 0 bridgehead atoms. The highest BCUT2D eigenvalue weighted by molar-refractivity contribution is 5.98. The van der Waals surface area contributed by atoms with Gasteiger partial charge in [0.25, 0.3) is 5.91 Å². The van der Waals surface area contributed by atoms with E-state index in [-0.39, 0.29) is 5.91 Å². The average Bonchev–Trinajstić information content (AvgIpc) is 2.91. The minimum Gasteiger partial charge on any atom is -0.391 e. The first kappa shape index (κ1) is 28.1. The molecule has 0 saturated carbocycles. The molecular weight excluding hydrogens is 470 g/mol. The zero-order chi connectivity index (χ0) is 26.6. The number of nitrogens with one attached hydrogen (secondary N) is 3. The fourth-order valence-corrected chi connectivity index (χ4v) is 4.18. The second kappa shape index (κ2) is 14.3. The van der Waals surface area contributed by atoms with Crippen LogP contribution in [0.5, 0.6) is 0 Å². The van der Waals surface area contributed by atoms with Crippen LogP contribution in [-0.4, -0.2) is 59.1 Å². The van der Waals surface area contributed by atoms with Crippen LogP contribution >= 0.6 is 0 Å². The molecule has 37 heavy (non-hydrogen) atoms. The SMILES string of the molecule is C[C@@H](O)[C@H](NC(=O)c1ccc(C#Cc2ccc(NC(=O)CCCC3CCCCN3)cc2)cc1)C(=O)CO. The number of Topliss-reactive ketones (excluding diaryl/α,β-unsaturated/α-hetero) is 1. The molecule has 3 atom stereocenters. The van der Waals surface area contributed by atoms with E-state index in [0.29, 0.717) is 23.6 Å². The molecule has 0 aliphatic carbocycles. The second-order valence-corrected chi connectivity index (χ2v) is 9.31. The van der Waals surface area contributed by atoms with E-state index in [9.17, 15) is 19.5 Å². The fourth-order valence-electron chi connectivity index (χ4n) is 4.18. The Hall–Kier alpha value is -3.51. The maximum absolute atomic E-state index is 12.4. The van der Waals surface area contributed by atoms with Gasteiger partial charge in [0, 0.05) is 34.8 Å². The number of anilines is 1. The Balaban J connectivity index is 1.48. The van der Waals surface area contributed by atoms with Gasteiger partial charge >= 0.3 is 0 Å². The fraction of sp³-hybridized carbons (Fsp3) is 0.414. The smallest absolute Gasteiger partial charge is 0.251 e. The third-order valence-corrected chi connectivity index (χ3v) is 6.31. The highest BCUT2D eigenvalue weighted by Gasteiger charge is 2.25. The third kappa shape index (κ3) is 9.14. The van der Waals surface area contributed by atoms with Crippen molar-refractivity contribution in [2.24, 2.45) is 0 Å². The van der Waals surface area contributed by atoms with Gasteiger partial charge in [0.1, 0.15) is 12.6 Å². The minimum atomic E-state index is -1.18. The molecule has 2 aromatic rings. The van der Waals surface area contributed by atoms with E-state index < -0.39 is 30.4 Å². The van der Waals surface area contributed by atoms with Crippen molar-refractivity contribution in [1.29, 1.82) is 0 Å². The standard InChI is InChI=1S/C29H35N3O5/c1-20(34)28(26(35)19-33)32-29(37)23-14-10-21(11-15-23)8-9-22-12-16-25(17-13-22)31-27(36)7-4-6-24-5-2-3-18-30-24/h10-17,20,24,28,30,33-34H,2-7,18-19H2,1H3,(H,31,36)(H,32,37)/t20-,24?,28+/m1/s1. The summed E-state index contributed by atoms with van der Waals surface area (Å²) in [6.07, 6.45) is 4.98. The first-order valence-corrected chi connectivity index (χ1v) is 12.7. The Labute approximate surface area is 217 Å². The van der Waals surface area contributed by atoms with Gasteiger partial charge in [0.15, 0.2) is 5.78 Å². The Morgan fingerprint density at radius 3 is 2.24 bits per heavy atom. The molecule has 0 spiro atoms. The van der Waals surface area contributed by atoms with Gasteiger partial charge in [-0.1, -0.05) is 18.3 Å². The molecule has 1 saturated heterocycles. The monoisotopic (exact) mass is 505 g/mol. The molecule has 2 aromatic carbocycles. The van der Waals surface area contributed by atoms with Crippen LogP contribution in [0.25, 0.3) is 0 Å². The molecule has 1 heterocycles. The first-order chi connectivity index (χ1) is 17.9. The van der Waals surface area contributed by atoms with Crippen molar-refractivity contribution < 1.29 is 24.6 Å². The van der Waals surface area contributed by atoms with Crippen LogP contribution in [0, 0.1) is 11.8 Å². The van der Waals surface area contributed by atoms with Crippen LogP contribution < -0.4 is 16.0 Å². The van der Waals surface area contributed by atoms with Gasteiger partial charge in [-0.3, -0.25) is 14.4 Å². The average molecular weight is 506 g/mol. The van der Waals surface area contributed by atoms with Crippen LogP contribution in [0.15, 0.2) is 48.5 Å². The quantitative estimate of drug-likeness (QED) is 0.316. The molecular formula is C29H35N3O5. The van der Waals surface area contributed by atoms with E-state index in [4.69, 9.17) is 5.11 Å². The summed E-state index contributed by atoms with van der Waals surface area (Å²) in [5.41, 5.74) is 2.51. The number of carbonyl (C=O) groups excluding carboxylic acids is 3. The summed E-state index contributed by atoms with van der Waals surface area (Å²) in [4.78, 5) is 36.3. The van der Waals surface area contributed by atoms with Crippen molar-refractivity contribution in [2.75, 3.05) is 18.5 Å². The normalized spacial score (nSPS) is 16.6. The molecule has 0 radical (unpaired) electrons. The van der Waals surface area contributed by atoms with Gasteiger partial charge in [0.05, 0.1) is 6.10 Å². The third-order valence-electron chi connectivity index (χ3n) is 6.31. The molecule has 2 amide bonds. The zero-order valence-corrected chi connectivity index (χ0v) is 21.1. The molecule has 1 fully saturated rings.